The molecule has 0 spiro atoms. The van der Waals surface area contributed by atoms with Crippen LogP contribution in [0.2, 0.25) is 0 Å². The number of ether oxygens (including phenoxy) is 1. The Morgan fingerprint density at radius 1 is 0.636 bits per heavy atom. The maximum Gasteiger partial charge on any atom is 0.376 e. The van der Waals surface area contributed by atoms with Crippen LogP contribution >= 0.6 is 0 Å². The smallest absolute Gasteiger partial charge is 0.376 e. The van der Waals surface area contributed by atoms with Gasteiger partial charge in [0, 0.05) is 0 Å². The van der Waals surface area contributed by atoms with Gasteiger partial charge in [-0.1, -0.05) is 121 Å². The van der Waals surface area contributed by atoms with Crippen LogP contribution in [0.5, 0.6) is 0 Å². The molecule has 0 bridgehead atoms. The summed E-state index contributed by atoms with van der Waals surface area (Å²) >= 11 is 0. The maximum atomic E-state index is 13.3. The summed E-state index contributed by atoms with van der Waals surface area (Å²) in [5.41, 5.74) is 2.61. The largest absolute Gasteiger partial charge is 0.463 e. The van der Waals surface area contributed by atoms with E-state index in [4.69, 9.17) is 4.74 Å². The molecule has 1 atom stereocenters. The van der Waals surface area contributed by atoms with E-state index in [0.717, 1.165) is 16.7 Å². The highest BCUT2D eigenvalue weighted by Crippen LogP contribution is 2.39. The summed E-state index contributed by atoms with van der Waals surface area (Å²) in [5, 5.41) is 3.60. The van der Waals surface area contributed by atoms with Crippen molar-refractivity contribution in [3.05, 3.63) is 144 Å². The van der Waals surface area contributed by atoms with Crippen molar-refractivity contribution in [1.82, 2.24) is 5.32 Å². The van der Waals surface area contributed by atoms with Crippen molar-refractivity contribution >= 4 is 11.8 Å². The molecule has 0 heterocycles. The number of hydrogen-bond acceptors (Lipinski definition) is 4. The van der Waals surface area contributed by atoms with Crippen LogP contribution < -0.4 is 5.32 Å². The van der Waals surface area contributed by atoms with Crippen molar-refractivity contribution in [2.45, 2.75) is 11.6 Å². The van der Waals surface area contributed by atoms with Crippen LogP contribution in [-0.2, 0) is 19.9 Å². The third-order valence-electron chi connectivity index (χ3n) is 5.76. The summed E-state index contributed by atoms with van der Waals surface area (Å²) in [5.74, 6) is -1.55. The molecule has 1 N–H and O–H groups in total. The predicted molar refractivity (Wildman–Crippen MR) is 129 cm³/mol. The minimum atomic E-state index is -0.931. The fraction of sp³-hybridized carbons (Fsp3) is 0.103. The van der Waals surface area contributed by atoms with E-state index < -0.39 is 23.3 Å². The van der Waals surface area contributed by atoms with Gasteiger partial charge >= 0.3 is 5.97 Å². The Morgan fingerprint density at radius 3 is 1.36 bits per heavy atom. The van der Waals surface area contributed by atoms with Crippen LogP contribution in [0.1, 0.15) is 28.3 Å². The maximum absolute atomic E-state index is 13.3. The van der Waals surface area contributed by atoms with Crippen molar-refractivity contribution < 1.29 is 14.3 Å². The lowest BCUT2D eigenvalue weighted by Crippen LogP contribution is -2.49. The Labute approximate surface area is 193 Å². The van der Waals surface area contributed by atoms with Crippen LogP contribution in [0, 0.1) is 0 Å². The van der Waals surface area contributed by atoms with E-state index in [1.165, 1.54) is 7.11 Å². The van der Waals surface area contributed by atoms with E-state index in [0.29, 0.717) is 5.56 Å². The Morgan fingerprint density at radius 2 is 1.00 bits per heavy atom. The van der Waals surface area contributed by atoms with Gasteiger partial charge in [-0.05, 0) is 22.3 Å². The number of hydrogen-bond donors (Lipinski definition) is 1. The second-order valence-corrected chi connectivity index (χ2v) is 7.69. The van der Waals surface area contributed by atoms with Gasteiger partial charge in [0.1, 0.15) is 6.04 Å². The van der Waals surface area contributed by atoms with Crippen molar-refractivity contribution in [2.24, 2.45) is 0 Å². The lowest BCUT2D eigenvalue weighted by Gasteiger charge is -2.39. The zero-order valence-corrected chi connectivity index (χ0v) is 18.3. The highest BCUT2D eigenvalue weighted by atomic mass is 16.5. The Balaban J connectivity index is 1.99. The molecule has 0 aromatic heterocycles. The molecule has 1 unspecified atom stereocenters. The lowest BCUT2D eigenvalue weighted by molar-refractivity contribution is -0.152. The minimum absolute atomic E-state index is 0.657. The summed E-state index contributed by atoms with van der Waals surface area (Å²) < 4.78 is 4.82. The average molecular weight is 436 g/mol. The number of methoxy groups -OCH3 is 1. The predicted octanol–water partition coefficient (Wildman–Crippen LogP) is 5.05. The highest BCUT2D eigenvalue weighted by molar-refractivity contribution is 6.35. The van der Waals surface area contributed by atoms with Gasteiger partial charge < -0.3 is 4.74 Å². The first-order valence-corrected chi connectivity index (χ1v) is 10.8. The topological polar surface area (TPSA) is 55.4 Å². The molecule has 0 aliphatic carbocycles. The normalized spacial score (nSPS) is 12.0. The minimum Gasteiger partial charge on any atom is -0.463 e. The third kappa shape index (κ3) is 4.47. The Hall–Kier alpha value is -4.02. The summed E-state index contributed by atoms with van der Waals surface area (Å²) in [7, 11) is 1.22. The number of nitrogens with one attached hydrogen (secondary N) is 1. The van der Waals surface area contributed by atoms with Crippen LogP contribution in [0.3, 0.4) is 0 Å². The molecular weight excluding hydrogens is 410 g/mol. The molecule has 0 aliphatic heterocycles. The summed E-state index contributed by atoms with van der Waals surface area (Å²) in [6.07, 6.45) is 0. The molecule has 0 aliphatic rings. The van der Waals surface area contributed by atoms with Crippen molar-refractivity contribution in [3.63, 3.8) is 0 Å². The molecule has 0 saturated carbocycles. The molecule has 33 heavy (non-hydrogen) atoms. The van der Waals surface area contributed by atoms with E-state index in [2.05, 4.69) is 5.32 Å². The standard InChI is InChI=1S/C29H25NO3/c1-33-28(32)27(31)26(22-14-6-2-7-15-22)30-29(23-16-8-3-9-17-23,24-18-10-4-11-19-24)25-20-12-5-13-21-25/h2-21,26,30H,1H3. The van der Waals surface area contributed by atoms with Gasteiger partial charge in [0.25, 0.3) is 5.78 Å². The second kappa shape index (κ2) is 10.1. The van der Waals surface area contributed by atoms with Crippen molar-refractivity contribution in [2.75, 3.05) is 7.11 Å². The number of benzene rings is 4. The summed E-state index contributed by atoms with van der Waals surface area (Å²) in [6.45, 7) is 0. The summed E-state index contributed by atoms with van der Waals surface area (Å²) in [4.78, 5) is 25.7. The van der Waals surface area contributed by atoms with Gasteiger partial charge in [-0.15, -0.1) is 0 Å². The van der Waals surface area contributed by atoms with Gasteiger partial charge in [-0.3, -0.25) is 10.1 Å². The second-order valence-electron chi connectivity index (χ2n) is 7.69. The van der Waals surface area contributed by atoms with Gasteiger partial charge in [0.15, 0.2) is 0 Å². The van der Waals surface area contributed by atoms with E-state index >= 15 is 0 Å². The number of Topliss-reactive ketones (excluding diaryl/α,β-unsaturated/α-hetero) is 1. The number of ketones is 1. The molecular formula is C29H25NO3. The van der Waals surface area contributed by atoms with Gasteiger partial charge in [0.2, 0.25) is 0 Å². The number of esters is 1. The monoisotopic (exact) mass is 435 g/mol. The fourth-order valence-corrected chi connectivity index (χ4v) is 4.20. The highest BCUT2D eigenvalue weighted by Gasteiger charge is 2.41. The quantitative estimate of drug-likeness (QED) is 0.239. The van der Waals surface area contributed by atoms with Gasteiger partial charge in [-0.2, -0.15) is 0 Å². The Bertz CT molecular complexity index is 1100. The van der Waals surface area contributed by atoms with E-state index in [9.17, 15) is 9.59 Å². The fourth-order valence-electron chi connectivity index (χ4n) is 4.20. The molecule has 0 amide bonds. The average Bonchev–Trinajstić information content (AvgIpc) is 2.91. The molecule has 4 aromatic rings. The molecule has 0 radical (unpaired) electrons. The molecule has 4 heteroatoms. The number of rotatable bonds is 8. The van der Waals surface area contributed by atoms with E-state index in [-0.39, 0.29) is 0 Å². The molecule has 4 rings (SSSR count). The molecule has 164 valence electrons. The first kappa shape index (κ1) is 22.2. The van der Waals surface area contributed by atoms with Crippen LogP contribution in [0.25, 0.3) is 0 Å². The SMILES string of the molecule is COC(=O)C(=O)C(NC(c1ccccc1)(c1ccccc1)c1ccccc1)c1ccccc1. The van der Waals surface area contributed by atoms with Crippen molar-refractivity contribution in [3.8, 4) is 0 Å². The molecule has 0 fully saturated rings. The van der Waals surface area contributed by atoms with E-state index in [1.807, 2.05) is 121 Å². The molecule has 4 nitrogen and oxygen atoms in total. The number of carbonyl (C=O) groups is 2. The van der Waals surface area contributed by atoms with Crippen LogP contribution in [-0.4, -0.2) is 18.9 Å². The Kier molecular flexibility index (Phi) is 6.77. The van der Waals surface area contributed by atoms with Gasteiger partial charge in [0.05, 0.1) is 12.6 Å². The van der Waals surface area contributed by atoms with Crippen LogP contribution in [0.4, 0.5) is 0 Å². The first-order valence-electron chi connectivity index (χ1n) is 10.8. The lowest BCUT2D eigenvalue weighted by atomic mass is 9.76. The number of carbonyl (C=O) groups excluding carboxylic acids is 2. The van der Waals surface area contributed by atoms with E-state index in [1.54, 1.807) is 0 Å². The van der Waals surface area contributed by atoms with Gasteiger partial charge in [-0.25, -0.2) is 4.79 Å². The first-order chi connectivity index (χ1) is 16.2. The zero-order chi connectivity index (χ0) is 23.1. The summed E-state index contributed by atoms with van der Waals surface area (Å²) in [6, 6.07) is 38.2. The van der Waals surface area contributed by atoms with Crippen LogP contribution in [0.15, 0.2) is 121 Å². The third-order valence-corrected chi connectivity index (χ3v) is 5.76. The zero-order valence-electron chi connectivity index (χ0n) is 18.3. The molecule has 4 aromatic carbocycles. The molecule has 0 saturated heterocycles. The van der Waals surface area contributed by atoms with Crippen molar-refractivity contribution in [1.29, 1.82) is 0 Å².